The highest BCUT2D eigenvalue weighted by Crippen LogP contribution is 2.28. The van der Waals surface area contributed by atoms with Gasteiger partial charge in [0.2, 0.25) is 0 Å². The van der Waals surface area contributed by atoms with Crippen LogP contribution in [-0.4, -0.2) is 11.9 Å². The SMILES string of the molecule is CC(=O)OCc1cc(COC(C)=O)c(C)c(Br)c1C. The molecule has 1 aromatic rings. The topological polar surface area (TPSA) is 52.6 Å². The fourth-order valence-electron chi connectivity index (χ4n) is 1.65. The van der Waals surface area contributed by atoms with E-state index in [1.807, 2.05) is 19.9 Å². The largest absolute Gasteiger partial charge is 0.461 e. The zero-order valence-corrected chi connectivity index (χ0v) is 13.1. The smallest absolute Gasteiger partial charge is 0.302 e. The Kier molecular flexibility index (Phi) is 5.54. The van der Waals surface area contributed by atoms with Gasteiger partial charge in [-0.3, -0.25) is 9.59 Å². The van der Waals surface area contributed by atoms with Gasteiger partial charge in [0.05, 0.1) is 0 Å². The predicted octanol–water partition coefficient (Wildman–Crippen LogP) is 3.19. The highest BCUT2D eigenvalue weighted by atomic mass is 79.9. The summed E-state index contributed by atoms with van der Waals surface area (Å²) in [6, 6.07) is 1.90. The van der Waals surface area contributed by atoms with Crippen molar-refractivity contribution in [2.75, 3.05) is 0 Å². The number of halogens is 1. The maximum absolute atomic E-state index is 10.9. The fraction of sp³-hybridized carbons (Fsp3) is 0.429. The molecule has 0 aromatic heterocycles. The second kappa shape index (κ2) is 6.70. The van der Waals surface area contributed by atoms with Gasteiger partial charge in [-0.05, 0) is 42.2 Å². The molecule has 19 heavy (non-hydrogen) atoms. The molecule has 0 bridgehead atoms. The lowest BCUT2D eigenvalue weighted by Crippen LogP contribution is -2.06. The summed E-state index contributed by atoms with van der Waals surface area (Å²) in [6.45, 7) is 7.08. The molecule has 0 aliphatic heterocycles. The second-order valence-electron chi connectivity index (χ2n) is 4.32. The van der Waals surface area contributed by atoms with Crippen molar-refractivity contribution >= 4 is 27.9 Å². The summed E-state index contributed by atoms with van der Waals surface area (Å²) < 4.78 is 11.0. The van der Waals surface area contributed by atoms with Crippen LogP contribution in [0.15, 0.2) is 10.5 Å². The first kappa shape index (κ1) is 15.7. The Labute approximate surface area is 121 Å². The van der Waals surface area contributed by atoms with E-state index in [-0.39, 0.29) is 25.2 Å². The lowest BCUT2D eigenvalue weighted by Gasteiger charge is -2.15. The van der Waals surface area contributed by atoms with Gasteiger partial charge in [0.25, 0.3) is 0 Å². The molecule has 0 saturated carbocycles. The van der Waals surface area contributed by atoms with Crippen LogP contribution < -0.4 is 0 Å². The van der Waals surface area contributed by atoms with Gasteiger partial charge in [-0.1, -0.05) is 15.9 Å². The molecule has 4 nitrogen and oxygen atoms in total. The number of hydrogen-bond acceptors (Lipinski definition) is 4. The first-order valence-electron chi connectivity index (χ1n) is 5.87. The first-order chi connectivity index (χ1) is 8.82. The van der Waals surface area contributed by atoms with Crippen molar-refractivity contribution in [3.05, 3.63) is 32.8 Å². The third-order valence-electron chi connectivity index (χ3n) is 2.83. The molecule has 104 valence electrons. The summed E-state index contributed by atoms with van der Waals surface area (Å²) in [4.78, 5) is 21.8. The van der Waals surface area contributed by atoms with Crippen molar-refractivity contribution in [1.82, 2.24) is 0 Å². The van der Waals surface area contributed by atoms with Crippen molar-refractivity contribution in [3.63, 3.8) is 0 Å². The number of ether oxygens (including phenoxy) is 2. The van der Waals surface area contributed by atoms with E-state index in [1.54, 1.807) is 0 Å². The van der Waals surface area contributed by atoms with Gasteiger partial charge in [0.15, 0.2) is 0 Å². The lowest BCUT2D eigenvalue weighted by atomic mass is 10.0. The summed E-state index contributed by atoms with van der Waals surface area (Å²) in [5, 5.41) is 0. The number of hydrogen-bond donors (Lipinski definition) is 0. The van der Waals surface area contributed by atoms with Crippen molar-refractivity contribution in [3.8, 4) is 0 Å². The van der Waals surface area contributed by atoms with Gasteiger partial charge in [-0.15, -0.1) is 0 Å². The standard InChI is InChI=1S/C14H17BrO4/c1-8-12(6-18-10(3)16)5-13(7-19-11(4)17)9(2)14(8)15/h5H,6-7H2,1-4H3. The molecule has 0 saturated heterocycles. The van der Waals surface area contributed by atoms with Gasteiger partial charge >= 0.3 is 11.9 Å². The molecule has 0 heterocycles. The van der Waals surface area contributed by atoms with E-state index in [2.05, 4.69) is 15.9 Å². The Morgan fingerprint density at radius 3 is 1.68 bits per heavy atom. The van der Waals surface area contributed by atoms with E-state index in [4.69, 9.17) is 9.47 Å². The van der Waals surface area contributed by atoms with Gasteiger partial charge in [-0.25, -0.2) is 0 Å². The van der Waals surface area contributed by atoms with E-state index < -0.39 is 0 Å². The van der Waals surface area contributed by atoms with Crippen LogP contribution in [-0.2, 0) is 32.3 Å². The first-order valence-corrected chi connectivity index (χ1v) is 6.66. The lowest BCUT2D eigenvalue weighted by molar-refractivity contribution is -0.142. The third kappa shape index (κ3) is 4.35. The summed E-state index contributed by atoms with van der Waals surface area (Å²) >= 11 is 3.51. The molecule has 0 amide bonds. The summed E-state index contributed by atoms with van der Waals surface area (Å²) in [5.74, 6) is -0.643. The zero-order chi connectivity index (χ0) is 14.6. The fourth-order valence-corrected chi connectivity index (χ4v) is 2.16. The van der Waals surface area contributed by atoms with Crippen molar-refractivity contribution < 1.29 is 19.1 Å². The monoisotopic (exact) mass is 328 g/mol. The Morgan fingerprint density at radius 1 is 1.00 bits per heavy atom. The van der Waals surface area contributed by atoms with Crippen molar-refractivity contribution in [2.45, 2.75) is 40.9 Å². The van der Waals surface area contributed by atoms with E-state index in [9.17, 15) is 9.59 Å². The maximum Gasteiger partial charge on any atom is 0.302 e. The molecule has 0 aliphatic rings. The summed E-state index contributed by atoms with van der Waals surface area (Å²) in [7, 11) is 0. The Hall–Kier alpha value is -1.36. The molecule has 0 aliphatic carbocycles. The van der Waals surface area contributed by atoms with E-state index in [1.165, 1.54) is 13.8 Å². The number of carbonyl (C=O) groups is 2. The molecular formula is C14H17BrO4. The van der Waals surface area contributed by atoms with Crippen LogP contribution in [0.3, 0.4) is 0 Å². The van der Waals surface area contributed by atoms with Crippen molar-refractivity contribution in [1.29, 1.82) is 0 Å². The molecule has 0 fully saturated rings. The van der Waals surface area contributed by atoms with E-state index in [0.717, 1.165) is 26.7 Å². The minimum absolute atomic E-state index is 0.215. The quantitative estimate of drug-likeness (QED) is 0.796. The van der Waals surface area contributed by atoms with Crippen LogP contribution in [0.2, 0.25) is 0 Å². The Morgan fingerprint density at radius 2 is 1.37 bits per heavy atom. The van der Waals surface area contributed by atoms with Crippen LogP contribution in [0.1, 0.15) is 36.1 Å². The molecule has 0 spiro atoms. The summed E-state index contributed by atoms with van der Waals surface area (Å²) in [5.41, 5.74) is 3.83. The molecule has 1 rings (SSSR count). The highest BCUT2D eigenvalue weighted by molar-refractivity contribution is 9.10. The third-order valence-corrected chi connectivity index (χ3v) is 4.02. The molecule has 0 N–H and O–H groups in total. The van der Waals surface area contributed by atoms with Gasteiger partial charge in [-0.2, -0.15) is 0 Å². The molecule has 0 atom stereocenters. The minimum Gasteiger partial charge on any atom is -0.461 e. The molecule has 0 radical (unpaired) electrons. The maximum atomic E-state index is 10.9. The number of benzene rings is 1. The molecular weight excluding hydrogens is 312 g/mol. The van der Waals surface area contributed by atoms with E-state index >= 15 is 0 Å². The van der Waals surface area contributed by atoms with Crippen LogP contribution in [0, 0.1) is 13.8 Å². The van der Waals surface area contributed by atoms with Crippen LogP contribution in [0.4, 0.5) is 0 Å². The summed E-state index contributed by atoms with van der Waals surface area (Å²) in [6.07, 6.45) is 0. The van der Waals surface area contributed by atoms with E-state index in [0.29, 0.717) is 0 Å². The number of rotatable bonds is 4. The number of carbonyl (C=O) groups excluding carboxylic acids is 2. The second-order valence-corrected chi connectivity index (χ2v) is 5.11. The van der Waals surface area contributed by atoms with Crippen LogP contribution >= 0.6 is 15.9 Å². The van der Waals surface area contributed by atoms with Crippen LogP contribution in [0.5, 0.6) is 0 Å². The zero-order valence-electron chi connectivity index (χ0n) is 11.5. The average molecular weight is 329 g/mol. The minimum atomic E-state index is -0.322. The van der Waals surface area contributed by atoms with Gasteiger partial charge in [0, 0.05) is 18.3 Å². The molecule has 5 heteroatoms. The van der Waals surface area contributed by atoms with Crippen molar-refractivity contribution in [2.24, 2.45) is 0 Å². The normalized spacial score (nSPS) is 10.2. The van der Waals surface area contributed by atoms with Gasteiger partial charge < -0.3 is 9.47 Å². The number of esters is 2. The Balaban J connectivity index is 3.04. The molecule has 1 aromatic carbocycles. The average Bonchev–Trinajstić information content (AvgIpc) is 2.33. The van der Waals surface area contributed by atoms with Gasteiger partial charge in [0.1, 0.15) is 13.2 Å². The Bertz CT molecular complexity index is 466. The predicted molar refractivity (Wildman–Crippen MR) is 74.6 cm³/mol. The molecule has 0 unspecified atom stereocenters. The highest BCUT2D eigenvalue weighted by Gasteiger charge is 2.12. The van der Waals surface area contributed by atoms with Crippen LogP contribution in [0.25, 0.3) is 0 Å².